The van der Waals surface area contributed by atoms with Gasteiger partial charge in [0.05, 0.1) is 18.5 Å². The normalized spacial score (nSPS) is 25.5. The summed E-state index contributed by atoms with van der Waals surface area (Å²) < 4.78 is 1.60. The third-order valence-corrected chi connectivity index (χ3v) is 4.61. The highest BCUT2D eigenvalue weighted by Crippen LogP contribution is 2.52. The number of halogens is 1. The third kappa shape index (κ3) is 1.67. The highest BCUT2D eigenvalue weighted by Gasteiger charge is 2.57. The highest BCUT2D eigenvalue weighted by atomic mass is 35.5. The van der Waals surface area contributed by atoms with Crippen LogP contribution in [-0.4, -0.2) is 27.0 Å². The molecule has 3 heterocycles. The molecule has 21 heavy (non-hydrogen) atoms. The fourth-order valence-corrected chi connectivity index (χ4v) is 3.34. The number of nitrogens with zero attached hydrogens (tertiary/aromatic N) is 5. The van der Waals surface area contributed by atoms with E-state index in [0.29, 0.717) is 18.8 Å². The van der Waals surface area contributed by atoms with E-state index in [1.807, 2.05) is 0 Å². The Balaban J connectivity index is 1.82. The quantitative estimate of drug-likeness (QED) is 0.850. The lowest BCUT2D eigenvalue weighted by Crippen LogP contribution is -2.35. The number of anilines is 1. The number of fused-ring (bicyclic) bond motifs is 1. The summed E-state index contributed by atoms with van der Waals surface area (Å²) in [6.07, 6.45) is 5.70. The van der Waals surface area contributed by atoms with Crippen LogP contribution in [0.2, 0.25) is 5.15 Å². The van der Waals surface area contributed by atoms with Crippen LogP contribution in [0.25, 0.3) is 5.52 Å². The molecule has 1 saturated heterocycles. The number of aromatic nitrogens is 3. The summed E-state index contributed by atoms with van der Waals surface area (Å²) in [4.78, 5) is 18.7. The lowest BCUT2D eigenvalue weighted by Gasteiger charge is -2.20. The van der Waals surface area contributed by atoms with Crippen molar-refractivity contribution in [1.29, 1.82) is 5.26 Å². The van der Waals surface area contributed by atoms with Crippen molar-refractivity contribution in [2.45, 2.75) is 19.3 Å². The van der Waals surface area contributed by atoms with Crippen LogP contribution in [0.5, 0.6) is 0 Å². The number of carbonyl (C=O) groups excluding carboxylic acids is 1. The van der Waals surface area contributed by atoms with Crippen LogP contribution in [0.3, 0.4) is 0 Å². The van der Waals surface area contributed by atoms with Gasteiger partial charge in [0, 0.05) is 6.54 Å². The highest BCUT2D eigenvalue weighted by molar-refractivity contribution is 6.29. The van der Waals surface area contributed by atoms with Gasteiger partial charge in [-0.1, -0.05) is 11.6 Å². The van der Waals surface area contributed by atoms with Crippen molar-refractivity contribution in [2.75, 3.05) is 11.4 Å². The Hall–Kier alpha value is -2.13. The maximum absolute atomic E-state index is 12.8. The zero-order valence-electron chi connectivity index (χ0n) is 11.2. The summed E-state index contributed by atoms with van der Waals surface area (Å²) in [6, 6.07) is 4.06. The molecule has 6 nitrogen and oxygen atoms in total. The number of nitriles is 1. The van der Waals surface area contributed by atoms with Gasteiger partial charge in [-0.3, -0.25) is 9.69 Å². The van der Waals surface area contributed by atoms with Crippen LogP contribution in [0.1, 0.15) is 19.3 Å². The van der Waals surface area contributed by atoms with E-state index in [9.17, 15) is 10.1 Å². The standard InChI is InChI=1S/C14H12ClN5O/c15-11-7-20-10(3-5-17-20)12(18-11)19-6-4-14(8-16,13(19)21)9-1-2-9/h3,5,7,9H,1-2,4,6H2/t14-/m1/s1. The SMILES string of the molecule is N#C[C@@]1(C2CC2)CCN(c2nc(Cl)cn3nccc23)C1=O. The molecule has 7 heteroatoms. The Labute approximate surface area is 125 Å². The van der Waals surface area contributed by atoms with Crippen molar-refractivity contribution >= 4 is 28.8 Å². The van der Waals surface area contributed by atoms with Gasteiger partial charge >= 0.3 is 0 Å². The van der Waals surface area contributed by atoms with Crippen LogP contribution < -0.4 is 4.90 Å². The van der Waals surface area contributed by atoms with Gasteiger partial charge in [0.1, 0.15) is 16.1 Å². The largest absolute Gasteiger partial charge is 0.293 e. The summed E-state index contributed by atoms with van der Waals surface area (Å²) >= 11 is 6.01. The molecule has 1 amide bonds. The average Bonchev–Trinajstić information content (AvgIpc) is 3.12. The van der Waals surface area contributed by atoms with E-state index >= 15 is 0 Å². The number of hydrogen-bond donors (Lipinski definition) is 0. The second kappa shape index (κ2) is 4.18. The Morgan fingerprint density at radius 2 is 2.29 bits per heavy atom. The molecule has 2 aliphatic rings. The first-order valence-electron chi connectivity index (χ1n) is 6.89. The second-order valence-corrected chi connectivity index (χ2v) is 6.00. The van der Waals surface area contributed by atoms with E-state index in [1.165, 1.54) is 0 Å². The van der Waals surface area contributed by atoms with Gasteiger partial charge in [0.25, 0.3) is 0 Å². The molecular weight excluding hydrogens is 290 g/mol. The van der Waals surface area contributed by atoms with Gasteiger partial charge in [-0.05, 0) is 31.2 Å². The number of rotatable bonds is 2. The van der Waals surface area contributed by atoms with Gasteiger partial charge in [-0.15, -0.1) is 0 Å². The van der Waals surface area contributed by atoms with Crippen molar-refractivity contribution in [3.8, 4) is 6.07 Å². The molecule has 1 atom stereocenters. The number of amides is 1. The molecule has 1 saturated carbocycles. The Kier molecular flexibility index (Phi) is 2.51. The van der Waals surface area contributed by atoms with Gasteiger partial charge in [0.2, 0.25) is 5.91 Å². The summed E-state index contributed by atoms with van der Waals surface area (Å²) in [7, 11) is 0. The monoisotopic (exact) mass is 301 g/mol. The van der Waals surface area contributed by atoms with Crippen molar-refractivity contribution < 1.29 is 4.79 Å². The smallest absolute Gasteiger partial charge is 0.249 e. The molecule has 2 fully saturated rings. The van der Waals surface area contributed by atoms with Crippen molar-refractivity contribution in [2.24, 2.45) is 11.3 Å². The zero-order chi connectivity index (χ0) is 14.6. The lowest BCUT2D eigenvalue weighted by atomic mass is 9.83. The van der Waals surface area contributed by atoms with Gasteiger partial charge in [-0.2, -0.15) is 10.4 Å². The summed E-state index contributed by atoms with van der Waals surface area (Å²) in [5.41, 5.74) is -0.154. The van der Waals surface area contributed by atoms with E-state index < -0.39 is 5.41 Å². The van der Waals surface area contributed by atoms with Gasteiger partial charge in [0.15, 0.2) is 5.82 Å². The van der Waals surface area contributed by atoms with Crippen LogP contribution in [-0.2, 0) is 4.79 Å². The Bertz CT molecular complexity index is 790. The molecule has 0 spiro atoms. The molecule has 4 rings (SSSR count). The molecule has 0 unspecified atom stereocenters. The summed E-state index contributed by atoms with van der Waals surface area (Å²) in [6.45, 7) is 0.497. The minimum absolute atomic E-state index is 0.148. The van der Waals surface area contributed by atoms with Gasteiger partial charge < -0.3 is 0 Å². The topological polar surface area (TPSA) is 74.3 Å². The fraction of sp³-hybridized carbons (Fsp3) is 0.429. The minimum Gasteiger partial charge on any atom is -0.293 e. The number of carbonyl (C=O) groups is 1. The first-order chi connectivity index (χ1) is 10.2. The van der Waals surface area contributed by atoms with Crippen molar-refractivity contribution in [3.63, 3.8) is 0 Å². The first-order valence-corrected chi connectivity index (χ1v) is 7.26. The average molecular weight is 302 g/mol. The number of hydrogen-bond acceptors (Lipinski definition) is 4. The molecule has 0 N–H and O–H groups in total. The molecular formula is C14H12ClN5O. The maximum atomic E-state index is 12.8. The van der Waals surface area contributed by atoms with Crippen LogP contribution in [0, 0.1) is 22.7 Å². The molecule has 1 aliphatic carbocycles. The van der Waals surface area contributed by atoms with E-state index in [2.05, 4.69) is 16.2 Å². The molecule has 0 radical (unpaired) electrons. The van der Waals surface area contributed by atoms with E-state index in [-0.39, 0.29) is 17.0 Å². The van der Waals surface area contributed by atoms with Crippen molar-refractivity contribution in [1.82, 2.24) is 14.6 Å². The van der Waals surface area contributed by atoms with Crippen LogP contribution in [0.15, 0.2) is 18.5 Å². The molecule has 1 aliphatic heterocycles. The van der Waals surface area contributed by atoms with E-state index in [1.54, 1.807) is 27.9 Å². The Morgan fingerprint density at radius 1 is 1.48 bits per heavy atom. The van der Waals surface area contributed by atoms with Crippen molar-refractivity contribution in [3.05, 3.63) is 23.6 Å². The predicted octanol–water partition coefficient (Wildman–Crippen LogP) is 2.04. The first kappa shape index (κ1) is 12.6. The predicted molar refractivity (Wildman–Crippen MR) is 75.7 cm³/mol. The van der Waals surface area contributed by atoms with Crippen LogP contribution >= 0.6 is 11.6 Å². The lowest BCUT2D eigenvalue weighted by molar-refractivity contribution is -0.123. The molecule has 106 valence electrons. The molecule has 2 aromatic heterocycles. The molecule has 0 aromatic carbocycles. The van der Waals surface area contributed by atoms with Gasteiger partial charge in [-0.25, -0.2) is 9.50 Å². The fourth-order valence-electron chi connectivity index (χ4n) is 3.17. The van der Waals surface area contributed by atoms with E-state index in [0.717, 1.165) is 18.4 Å². The van der Waals surface area contributed by atoms with Crippen LogP contribution in [0.4, 0.5) is 5.82 Å². The second-order valence-electron chi connectivity index (χ2n) is 5.61. The third-order valence-electron chi connectivity index (χ3n) is 4.43. The maximum Gasteiger partial charge on any atom is 0.249 e. The van der Waals surface area contributed by atoms with E-state index in [4.69, 9.17) is 11.6 Å². The molecule has 2 aromatic rings. The zero-order valence-corrected chi connectivity index (χ0v) is 11.9. The minimum atomic E-state index is -0.874. The summed E-state index contributed by atoms with van der Waals surface area (Å²) in [5, 5.41) is 13.9. The molecule has 0 bridgehead atoms. The summed E-state index contributed by atoms with van der Waals surface area (Å²) in [5.74, 6) is 0.535. The Morgan fingerprint density at radius 3 is 3.00 bits per heavy atom.